The highest BCUT2D eigenvalue weighted by Crippen LogP contribution is 2.54. The molecule has 2 atom stereocenters. The zero-order chi connectivity index (χ0) is 10.2. The molecule has 0 spiro atoms. The summed E-state index contributed by atoms with van der Waals surface area (Å²) in [4.78, 5) is 0. The highest BCUT2D eigenvalue weighted by Gasteiger charge is 2.58. The minimum absolute atomic E-state index is 0.264. The first kappa shape index (κ1) is 9.95. The summed E-state index contributed by atoms with van der Waals surface area (Å²) in [6, 6.07) is 2.36. The molecule has 3 heteroatoms. The second-order valence-corrected chi connectivity index (χ2v) is 4.67. The van der Waals surface area contributed by atoms with E-state index in [-0.39, 0.29) is 5.92 Å². The van der Waals surface area contributed by atoms with Gasteiger partial charge >= 0.3 is 0 Å². The summed E-state index contributed by atoms with van der Waals surface area (Å²) >= 11 is 0. The van der Waals surface area contributed by atoms with E-state index in [2.05, 4.69) is 6.07 Å². The van der Waals surface area contributed by atoms with Crippen molar-refractivity contribution in [1.29, 1.82) is 5.26 Å². The fourth-order valence-corrected chi connectivity index (χ4v) is 2.78. The van der Waals surface area contributed by atoms with Crippen LogP contribution in [0.2, 0.25) is 0 Å². The van der Waals surface area contributed by atoms with Crippen LogP contribution < -0.4 is 0 Å². The van der Waals surface area contributed by atoms with Gasteiger partial charge in [-0.3, -0.25) is 0 Å². The largest absolute Gasteiger partial charge is 0.388 e. The quantitative estimate of drug-likeness (QED) is 0.689. The van der Waals surface area contributed by atoms with E-state index in [0.29, 0.717) is 26.1 Å². The summed E-state index contributed by atoms with van der Waals surface area (Å²) in [5.41, 5.74) is -1.28. The zero-order valence-electron chi connectivity index (χ0n) is 8.62. The normalized spacial score (nSPS) is 41.1. The lowest BCUT2D eigenvalue weighted by Crippen LogP contribution is -2.59. The minimum atomic E-state index is -0.745. The van der Waals surface area contributed by atoms with Gasteiger partial charge in [0.05, 0.1) is 17.1 Å². The Hall–Kier alpha value is -0.590. The van der Waals surface area contributed by atoms with E-state index in [1.54, 1.807) is 0 Å². The van der Waals surface area contributed by atoms with Crippen molar-refractivity contribution >= 4 is 0 Å². The van der Waals surface area contributed by atoms with Crippen LogP contribution in [-0.4, -0.2) is 23.9 Å². The van der Waals surface area contributed by atoms with Gasteiger partial charge < -0.3 is 9.84 Å². The third-order valence-corrected chi connectivity index (χ3v) is 4.16. The van der Waals surface area contributed by atoms with Crippen LogP contribution >= 0.6 is 0 Å². The van der Waals surface area contributed by atoms with Gasteiger partial charge in [0.2, 0.25) is 0 Å². The lowest BCUT2D eigenvalue weighted by Gasteiger charge is -2.54. The molecule has 2 aliphatic rings. The number of nitrogens with zero attached hydrogens (tertiary/aromatic N) is 1. The van der Waals surface area contributed by atoms with Gasteiger partial charge in [-0.1, -0.05) is 6.92 Å². The van der Waals surface area contributed by atoms with Crippen LogP contribution in [0.25, 0.3) is 0 Å². The lowest BCUT2D eigenvalue weighted by molar-refractivity contribution is -0.183. The van der Waals surface area contributed by atoms with E-state index in [4.69, 9.17) is 4.74 Å². The van der Waals surface area contributed by atoms with Crippen molar-refractivity contribution in [3.63, 3.8) is 0 Å². The van der Waals surface area contributed by atoms with E-state index < -0.39 is 11.0 Å². The van der Waals surface area contributed by atoms with Gasteiger partial charge in [0.15, 0.2) is 0 Å². The molecule has 14 heavy (non-hydrogen) atoms. The molecular weight excluding hydrogens is 178 g/mol. The Kier molecular flexibility index (Phi) is 2.29. The highest BCUT2D eigenvalue weighted by atomic mass is 16.5. The maximum atomic E-state index is 10.5. The van der Waals surface area contributed by atoms with E-state index in [0.717, 1.165) is 12.8 Å². The number of rotatable bonds is 1. The Morgan fingerprint density at radius 1 is 1.36 bits per heavy atom. The molecule has 0 radical (unpaired) electrons. The maximum Gasteiger partial charge on any atom is 0.0906 e. The van der Waals surface area contributed by atoms with Crippen molar-refractivity contribution in [3.05, 3.63) is 0 Å². The summed E-state index contributed by atoms with van der Waals surface area (Å²) < 4.78 is 5.26. The first-order valence-corrected chi connectivity index (χ1v) is 5.36. The van der Waals surface area contributed by atoms with Crippen LogP contribution in [0.15, 0.2) is 0 Å². The SMILES string of the molecule is CC1CCC1(O)C1(C#N)CCOCC1. The van der Waals surface area contributed by atoms with Gasteiger partial charge in [-0.25, -0.2) is 0 Å². The predicted octanol–water partition coefficient (Wildman–Crippen LogP) is 1.47. The molecule has 1 heterocycles. The third-order valence-electron chi connectivity index (χ3n) is 4.16. The molecule has 0 bridgehead atoms. The van der Waals surface area contributed by atoms with E-state index in [9.17, 15) is 10.4 Å². The van der Waals surface area contributed by atoms with E-state index >= 15 is 0 Å². The van der Waals surface area contributed by atoms with Gasteiger partial charge in [-0.15, -0.1) is 0 Å². The molecule has 1 N–H and O–H groups in total. The summed E-state index contributed by atoms with van der Waals surface area (Å²) in [6.45, 7) is 3.27. The Morgan fingerprint density at radius 2 is 2.00 bits per heavy atom. The molecule has 78 valence electrons. The maximum absolute atomic E-state index is 10.5. The molecule has 3 nitrogen and oxygen atoms in total. The average Bonchev–Trinajstić information content (AvgIpc) is 2.26. The van der Waals surface area contributed by atoms with Crippen molar-refractivity contribution in [2.45, 2.75) is 38.2 Å². The number of ether oxygens (including phenoxy) is 1. The van der Waals surface area contributed by atoms with Crippen LogP contribution in [-0.2, 0) is 4.74 Å². The minimum Gasteiger partial charge on any atom is -0.388 e. The van der Waals surface area contributed by atoms with Crippen molar-refractivity contribution in [1.82, 2.24) is 0 Å². The van der Waals surface area contributed by atoms with Crippen LogP contribution in [0.5, 0.6) is 0 Å². The van der Waals surface area contributed by atoms with Crippen LogP contribution in [0, 0.1) is 22.7 Å². The molecule has 0 amide bonds. The molecule has 2 unspecified atom stereocenters. The Balaban J connectivity index is 2.23. The second-order valence-electron chi connectivity index (χ2n) is 4.67. The number of nitriles is 1. The Bertz CT molecular complexity index is 265. The van der Waals surface area contributed by atoms with Gasteiger partial charge in [-0.05, 0) is 31.6 Å². The van der Waals surface area contributed by atoms with Crippen LogP contribution in [0.4, 0.5) is 0 Å². The smallest absolute Gasteiger partial charge is 0.0906 e. The first-order chi connectivity index (χ1) is 6.65. The number of hydrogen-bond donors (Lipinski definition) is 1. The predicted molar refractivity (Wildman–Crippen MR) is 51.4 cm³/mol. The molecule has 0 aromatic heterocycles. The fraction of sp³-hybridized carbons (Fsp3) is 0.909. The zero-order valence-corrected chi connectivity index (χ0v) is 8.62. The second kappa shape index (κ2) is 3.22. The summed E-state index contributed by atoms with van der Waals surface area (Å²) in [5, 5.41) is 19.8. The van der Waals surface area contributed by atoms with Gasteiger partial charge in [0, 0.05) is 13.2 Å². The highest BCUT2D eigenvalue weighted by molar-refractivity contribution is 5.17. The molecule has 1 saturated heterocycles. The standard InChI is InChI=1S/C11H17NO2/c1-9-2-3-11(9,13)10(8-12)4-6-14-7-5-10/h9,13H,2-7H2,1H3. The molecule has 1 aliphatic heterocycles. The fourth-order valence-electron chi connectivity index (χ4n) is 2.78. The molecular formula is C11H17NO2. The molecule has 1 saturated carbocycles. The monoisotopic (exact) mass is 195 g/mol. The van der Waals surface area contributed by atoms with Crippen molar-refractivity contribution < 1.29 is 9.84 Å². The summed E-state index contributed by atoms with van der Waals surface area (Å²) in [5.74, 6) is 0.264. The average molecular weight is 195 g/mol. The summed E-state index contributed by atoms with van der Waals surface area (Å²) in [6.07, 6.45) is 3.19. The molecule has 1 aliphatic carbocycles. The van der Waals surface area contributed by atoms with Crippen LogP contribution in [0.1, 0.15) is 32.6 Å². The Labute approximate surface area is 84.7 Å². The van der Waals surface area contributed by atoms with Crippen molar-refractivity contribution in [2.24, 2.45) is 11.3 Å². The molecule has 0 aromatic carbocycles. The molecule has 2 fully saturated rings. The van der Waals surface area contributed by atoms with Gasteiger partial charge in [0.25, 0.3) is 0 Å². The number of aliphatic hydroxyl groups is 1. The van der Waals surface area contributed by atoms with Gasteiger partial charge in [0.1, 0.15) is 0 Å². The van der Waals surface area contributed by atoms with E-state index in [1.807, 2.05) is 6.92 Å². The van der Waals surface area contributed by atoms with Crippen molar-refractivity contribution in [3.8, 4) is 6.07 Å². The van der Waals surface area contributed by atoms with Crippen LogP contribution in [0.3, 0.4) is 0 Å². The third kappa shape index (κ3) is 1.11. The molecule has 2 rings (SSSR count). The van der Waals surface area contributed by atoms with Crippen molar-refractivity contribution in [2.75, 3.05) is 13.2 Å². The van der Waals surface area contributed by atoms with E-state index in [1.165, 1.54) is 0 Å². The van der Waals surface area contributed by atoms with Gasteiger partial charge in [-0.2, -0.15) is 5.26 Å². The first-order valence-electron chi connectivity index (χ1n) is 5.36. The Morgan fingerprint density at radius 3 is 2.36 bits per heavy atom. The molecule has 0 aromatic rings. The summed E-state index contributed by atoms with van der Waals surface area (Å²) in [7, 11) is 0. The topological polar surface area (TPSA) is 53.2 Å². The number of hydrogen-bond acceptors (Lipinski definition) is 3. The lowest BCUT2D eigenvalue weighted by atomic mass is 9.54.